The van der Waals surface area contributed by atoms with E-state index in [1.165, 1.54) is 0 Å². The number of carbonyl (C=O) groups excluding carboxylic acids is 2. The van der Waals surface area contributed by atoms with Crippen LogP contribution in [0.3, 0.4) is 0 Å². The van der Waals surface area contributed by atoms with E-state index in [-0.39, 0.29) is 5.78 Å². The van der Waals surface area contributed by atoms with Crippen LogP contribution in [0, 0.1) is 0 Å². The molecule has 0 saturated heterocycles. The van der Waals surface area contributed by atoms with Crippen molar-refractivity contribution in [3.8, 4) is 0 Å². The Bertz CT molecular complexity index is 298. The van der Waals surface area contributed by atoms with Crippen molar-refractivity contribution in [3.05, 3.63) is 0 Å². The van der Waals surface area contributed by atoms with Gasteiger partial charge in [-0.3, -0.25) is 4.79 Å². The Morgan fingerprint density at radius 2 is 1.76 bits per heavy atom. The van der Waals surface area contributed by atoms with Crippen LogP contribution in [0.1, 0.15) is 59.8 Å². The van der Waals surface area contributed by atoms with Crippen molar-refractivity contribution < 1.29 is 14.3 Å². The van der Waals surface area contributed by atoms with Crippen LogP contribution >= 0.6 is 0 Å². The number of hydrogen-bond acceptors (Lipinski definition) is 3. The fourth-order valence-electron chi connectivity index (χ4n) is 2.29. The lowest BCUT2D eigenvalue weighted by atomic mass is 9.90. The van der Waals surface area contributed by atoms with E-state index in [4.69, 9.17) is 4.74 Å². The van der Waals surface area contributed by atoms with E-state index >= 15 is 0 Å². The fraction of sp³-hybridized carbons (Fsp3) is 0.846. The van der Waals surface area contributed by atoms with E-state index < -0.39 is 17.2 Å². The summed E-state index contributed by atoms with van der Waals surface area (Å²) in [6.07, 6.45) is 3.41. The van der Waals surface area contributed by atoms with Gasteiger partial charge >= 0.3 is 6.09 Å². The number of ether oxygens (including phenoxy) is 1. The summed E-state index contributed by atoms with van der Waals surface area (Å²) >= 11 is 0. The largest absolute Gasteiger partial charge is 0.444 e. The van der Waals surface area contributed by atoms with Crippen LogP contribution in [0.5, 0.6) is 0 Å². The molecule has 0 unspecified atom stereocenters. The Morgan fingerprint density at radius 1 is 1.24 bits per heavy atom. The van der Waals surface area contributed by atoms with E-state index in [0.717, 1.165) is 25.7 Å². The summed E-state index contributed by atoms with van der Waals surface area (Å²) in [4.78, 5) is 23.7. The Hall–Kier alpha value is -1.06. The molecule has 1 amide bonds. The maximum absolute atomic E-state index is 12.0. The molecule has 1 aliphatic carbocycles. The van der Waals surface area contributed by atoms with Gasteiger partial charge < -0.3 is 10.1 Å². The highest BCUT2D eigenvalue weighted by Crippen LogP contribution is 2.31. The average Bonchev–Trinajstić information content (AvgIpc) is 2.63. The highest BCUT2D eigenvalue weighted by atomic mass is 16.6. The van der Waals surface area contributed by atoms with Crippen LogP contribution in [0.15, 0.2) is 0 Å². The van der Waals surface area contributed by atoms with Crippen molar-refractivity contribution in [3.63, 3.8) is 0 Å². The lowest BCUT2D eigenvalue weighted by molar-refractivity contribution is -0.125. The van der Waals surface area contributed by atoms with Crippen LogP contribution in [-0.4, -0.2) is 23.0 Å². The molecule has 4 heteroatoms. The molecule has 17 heavy (non-hydrogen) atoms. The first-order valence-electron chi connectivity index (χ1n) is 6.33. The molecule has 0 atom stereocenters. The summed E-state index contributed by atoms with van der Waals surface area (Å²) in [5.41, 5.74) is -1.20. The molecule has 0 aromatic heterocycles. The lowest BCUT2D eigenvalue weighted by Crippen LogP contribution is -2.53. The van der Waals surface area contributed by atoms with Crippen molar-refractivity contribution in [2.75, 3.05) is 0 Å². The number of Topliss-reactive ketones (excluding diaryl/α,β-unsaturated/α-hetero) is 1. The fourth-order valence-corrected chi connectivity index (χ4v) is 2.29. The third-order valence-corrected chi connectivity index (χ3v) is 3.05. The van der Waals surface area contributed by atoms with Gasteiger partial charge in [-0.15, -0.1) is 0 Å². The predicted molar refractivity (Wildman–Crippen MR) is 65.9 cm³/mol. The molecule has 1 aliphatic rings. The molecule has 4 nitrogen and oxygen atoms in total. The molecule has 0 aliphatic heterocycles. The van der Waals surface area contributed by atoms with E-state index in [0.29, 0.717) is 6.42 Å². The normalized spacial score (nSPS) is 18.8. The maximum atomic E-state index is 12.0. The molecule has 1 fully saturated rings. The standard InChI is InChI=1S/C13H23NO3/c1-5-10(15)13(8-6-7-9-13)14-11(16)17-12(2,3)4/h5-9H2,1-4H3,(H,14,16). The zero-order valence-corrected chi connectivity index (χ0v) is 11.3. The topological polar surface area (TPSA) is 55.4 Å². The van der Waals surface area contributed by atoms with Gasteiger partial charge in [-0.2, -0.15) is 0 Å². The van der Waals surface area contributed by atoms with Gasteiger partial charge in [0, 0.05) is 6.42 Å². The smallest absolute Gasteiger partial charge is 0.408 e. The first kappa shape index (κ1) is 14.0. The minimum absolute atomic E-state index is 0.112. The molecule has 0 spiro atoms. The summed E-state index contributed by atoms with van der Waals surface area (Å²) in [7, 11) is 0. The number of carbonyl (C=O) groups is 2. The maximum Gasteiger partial charge on any atom is 0.408 e. The quantitative estimate of drug-likeness (QED) is 0.826. The van der Waals surface area contributed by atoms with Crippen molar-refractivity contribution in [1.29, 1.82) is 0 Å². The molecule has 0 aromatic carbocycles. The second-order valence-corrected chi connectivity index (χ2v) is 5.69. The van der Waals surface area contributed by atoms with Crippen LogP contribution in [0.4, 0.5) is 4.79 Å². The minimum Gasteiger partial charge on any atom is -0.444 e. The van der Waals surface area contributed by atoms with Crippen molar-refractivity contribution >= 4 is 11.9 Å². The van der Waals surface area contributed by atoms with Crippen molar-refractivity contribution in [2.24, 2.45) is 0 Å². The van der Waals surface area contributed by atoms with E-state index in [9.17, 15) is 9.59 Å². The van der Waals surface area contributed by atoms with Crippen LogP contribution in [0.2, 0.25) is 0 Å². The molecule has 1 saturated carbocycles. The first-order valence-corrected chi connectivity index (χ1v) is 6.33. The molecule has 1 rings (SSSR count). The van der Waals surface area contributed by atoms with Gasteiger partial charge in [0.25, 0.3) is 0 Å². The van der Waals surface area contributed by atoms with Gasteiger partial charge in [0.2, 0.25) is 0 Å². The Kier molecular flexibility index (Phi) is 4.17. The number of ketones is 1. The third-order valence-electron chi connectivity index (χ3n) is 3.05. The first-order chi connectivity index (χ1) is 7.79. The molecule has 1 N–H and O–H groups in total. The molecule has 98 valence electrons. The van der Waals surface area contributed by atoms with Gasteiger partial charge in [0.15, 0.2) is 5.78 Å². The molecular formula is C13H23NO3. The number of nitrogens with one attached hydrogen (secondary N) is 1. The second-order valence-electron chi connectivity index (χ2n) is 5.69. The van der Waals surface area contributed by atoms with E-state index in [1.807, 2.05) is 27.7 Å². The average molecular weight is 241 g/mol. The molecule has 0 heterocycles. The van der Waals surface area contributed by atoms with E-state index in [1.54, 1.807) is 0 Å². The number of hydrogen-bond donors (Lipinski definition) is 1. The lowest BCUT2D eigenvalue weighted by Gasteiger charge is -2.30. The van der Waals surface area contributed by atoms with Crippen LogP contribution < -0.4 is 5.32 Å². The monoisotopic (exact) mass is 241 g/mol. The predicted octanol–water partition coefficient (Wildman–Crippen LogP) is 2.80. The molecular weight excluding hydrogens is 218 g/mol. The second kappa shape index (κ2) is 5.07. The van der Waals surface area contributed by atoms with Gasteiger partial charge in [0.1, 0.15) is 11.1 Å². The van der Waals surface area contributed by atoms with Gasteiger partial charge in [-0.1, -0.05) is 19.8 Å². The van der Waals surface area contributed by atoms with Crippen molar-refractivity contribution in [2.45, 2.75) is 70.9 Å². The summed E-state index contributed by atoms with van der Waals surface area (Å²) < 4.78 is 5.22. The van der Waals surface area contributed by atoms with Crippen molar-refractivity contribution in [1.82, 2.24) is 5.32 Å². The van der Waals surface area contributed by atoms with E-state index in [2.05, 4.69) is 5.32 Å². The van der Waals surface area contributed by atoms with Gasteiger partial charge in [0.05, 0.1) is 0 Å². The minimum atomic E-state index is -0.670. The van der Waals surface area contributed by atoms with Gasteiger partial charge in [-0.05, 0) is 33.6 Å². The molecule has 0 aromatic rings. The summed E-state index contributed by atoms with van der Waals surface area (Å²) in [6.45, 7) is 7.28. The zero-order valence-electron chi connectivity index (χ0n) is 11.3. The highest BCUT2D eigenvalue weighted by molar-refractivity contribution is 5.91. The third kappa shape index (κ3) is 3.72. The number of rotatable bonds is 3. The van der Waals surface area contributed by atoms with Gasteiger partial charge in [-0.25, -0.2) is 4.79 Å². The summed E-state index contributed by atoms with van der Waals surface area (Å²) in [5.74, 6) is 0.112. The zero-order chi connectivity index (χ0) is 13.1. The number of amides is 1. The SMILES string of the molecule is CCC(=O)C1(NC(=O)OC(C)(C)C)CCCC1. The number of alkyl carbamates (subject to hydrolysis) is 1. The highest BCUT2D eigenvalue weighted by Gasteiger charge is 2.41. The Labute approximate surface area is 103 Å². The summed E-state index contributed by atoms with van der Waals surface area (Å²) in [5, 5.41) is 2.79. The Balaban J connectivity index is 2.68. The summed E-state index contributed by atoms with van der Waals surface area (Å²) in [6, 6.07) is 0. The Morgan fingerprint density at radius 3 is 2.18 bits per heavy atom. The van der Waals surface area contributed by atoms with Crippen LogP contribution in [-0.2, 0) is 9.53 Å². The molecule has 0 bridgehead atoms. The van der Waals surface area contributed by atoms with Crippen LogP contribution in [0.25, 0.3) is 0 Å². The molecule has 0 radical (unpaired) electrons.